The number of hydrogen-bond donors (Lipinski definition) is 2. The van der Waals surface area contributed by atoms with Gasteiger partial charge in [-0.1, -0.05) is 31.5 Å². The van der Waals surface area contributed by atoms with Gasteiger partial charge in [-0.15, -0.1) is 0 Å². The number of nitrogens with two attached hydrogens (primary N) is 1. The predicted molar refractivity (Wildman–Crippen MR) is 70.5 cm³/mol. The summed E-state index contributed by atoms with van der Waals surface area (Å²) in [4.78, 5) is 11.7. The van der Waals surface area contributed by atoms with Crippen molar-refractivity contribution in [2.75, 3.05) is 0 Å². The van der Waals surface area contributed by atoms with E-state index in [-0.39, 0.29) is 30.2 Å². The number of amides is 1. The number of benzene rings is 1. The molecule has 3 nitrogen and oxygen atoms in total. The Labute approximate surface area is 108 Å². The summed E-state index contributed by atoms with van der Waals surface area (Å²) in [6.45, 7) is 3.79. The number of nitrogens with one attached hydrogen (secondary N) is 1. The number of carbonyl (C=O) groups is 1. The van der Waals surface area contributed by atoms with Gasteiger partial charge < -0.3 is 11.1 Å². The van der Waals surface area contributed by atoms with Crippen LogP contribution in [0.15, 0.2) is 24.3 Å². The summed E-state index contributed by atoms with van der Waals surface area (Å²) in [5, 5.41) is 2.77. The SMILES string of the molecule is CCCC(N)CC(=O)N[C@H](C)c1ccccc1F. The minimum atomic E-state index is -0.340. The molecule has 1 aromatic rings. The first-order chi connectivity index (χ1) is 8.54. The Hall–Kier alpha value is -1.42. The van der Waals surface area contributed by atoms with Gasteiger partial charge in [0.1, 0.15) is 5.82 Å². The molecule has 0 saturated heterocycles. The molecule has 0 bridgehead atoms. The van der Waals surface area contributed by atoms with E-state index in [4.69, 9.17) is 5.73 Å². The van der Waals surface area contributed by atoms with Crippen molar-refractivity contribution in [2.45, 2.75) is 45.2 Å². The molecule has 0 fully saturated rings. The standard InChI is InChI=1S/C14H21FN2O/c1-3-6-11(16)9-14(18)17-10(2)12-7-4-5-8-13(12)15/h4-5,7-8,10-11H,3,6,9,16H2,1-2H3,(H,17,18)/t10-,11?/m1/s1. The predicted octanol–water partition coefficient (Wildman–Crippen LogP) is 2.52. The fraction of sp³-hybridized carbons (Fsp3) is 0.500. The van der Waals surface area contributed by atoms with Crippen molar-refractivity contribution in [3.63, 3.8) is 0 Å². The van der Waals surface area contributed by atoms with Crippen molar-refractivity contribution in [2.24, 2.45) is 5.73 Å². The lowest BCUT2D eigenvalue weighted by Gasteiger charge is -2.16. The Bertz CT molecular complexity index is 395. The van der Waals surface area contributed by atoms with Crippen LogP contribution in [0.5, 0.6) is 0 Å². The lowest BCUT2D eigenvalue weighted by molar-refractivity contribution is -0.122. The molecular weight excluding hydrogens is 231 g/mol. The molecule has 0 aliphatic rings. The third-order valence-corrected chi connectivity index (χ3v) is 2.86. The van der Waals surface area contributed by atoms with E-state index in [0.29, 0.717) is 5.56 Å². The molecule has 1 rings (SSSR count). The van der Waals surface area contributed by atoms with Crippen molar-refractivity contribution in [1.82, 2.24) is 5.32 Å². The van der Waals surface area contributed by atoms with E-state index in [0.717, 1.165) is 12.8 Å². The Kier molecular flexibility index (Phi) is 5.78. The summed E-state index contributed by atoms with van der Waals surface area (Å²) < 4.78 is 13.5. The van der Waals surface area contributed by atoms with Gasteiger partial charge in [0.15, 0.2) is 0 Å². The number of carbonyl (C=O) groups excluding carboxylic acids is 1. The highest BCUT2D eigenvalue weighted by Gasteiger charge is 2.14. The summed E-state index contributed by atoms with van der Waals surface area (Å²) in [7, 11) is 0. The zero-order chi connectivity index (χ0) is 13.5. The van der Waals surface area contributed by atoms with E-state index >= 15 is 0 Å². The second kappa shape index (κ2) is 7.11. The normalized spacial score (nSPS) is 14.0. The molecule has 3 N–H and O–H groups in total. The first-order valence-electron chi connectivity index (χ1n) is 6.34. The molecule has 4 heteroatoms. The summed E-state index contributed by atoms with van der Waals surface area (Å²) >= 11 is 0. The highest BCUT2D eigenvalue weighted by atomic mass is 19.1. The van der Waals surface area contributed by atoms with Gasteiger partial charge in [0.25, 0.3) is 0 Å². The molecular formula is C14H21FN2O. The summed E-state index contributed by atoms with van der Waals surface area (Å²) in [6.07, 6.45) is 2.06. The molecule has 1 amide bonds. The van der Waals surface area contributed by atoms with Crippen molar-refractivity contribution in [3.8, 4) is 0 Å². The minimum absolute atomic E-state index is 0.122. The van der Waals surface area contributed by atoms with Crippen LogP contribution in [0.25, 0.3) is 0 Å². The van der Waals surface area contributed by atoms with Gasteiger partial charge in [0.2, 0.25) is 5.91 Å². The lowest BCUT2D eigenvalue weighted by atomic mass is 10.1. The first kappa shape index (κ1) is 14.6. The van der Waals surface area contributed by atoms with Crippen molar-refractivity contribution in [3.05, 3.63) is 35.6 Å². The number of hydrogen-bond acceptors (Lipinski definition) is 2. The van der Waals surface area contributed by atoms with E-state index in [9.17, 15) is 9.18 Å². The van der Waals surface area contributed by atoms with Crippen molar-refractivity contribution < 1.29 is 9.18 Å². The van der Waals surface area contributed by atoms with Crippen LogP contribution in [0, 0.1) is 5.82 Å². The van der Waals surface area contributed by atoms with E-state index in [2.05, 4.69) is 5.32 Å². The molecule has 1 aromatic carbocycles. The van der Waals surface area contributed by atoms with E-state index in [1.54, 1.807) is 25.1 Å². The summed E-state index contributed by atoms with van der Waals surface area (Å²) in [5.41, 5.74) is 6.29. The number of halogens is 1. The summed E-state index contributed by atoms with van der Waals surface area (Å²) in [5.74, 6) is -0.435. The molecule has 0 aliphatic heterocycles. The molecule has 1 unspecified atom stereocenters. The quantitative estimate of drug-likeness (QED) is 0.817. The van der Waals surface area contributed by atoms with Crippen LogP contribution in [0.4, 0.5) is 4.39 Å². The zero-order valence-electron chi connectivity index (χ0n) is 10.9. The van der Waals surface area contributed by atoms with Gasteiger partial charge in [-0.25, -0.2) is 4.39 Å². The van der Waals surface area contributed by atoms with E-state index < -0.39 is 0 Å². The summed E-state index contributed by atoms with van der Waals surface area (Å²) in [6, 6.07) is 5.98. The average Bonchev–Trinajstić information content (AvgIpc) is 2.29. The third-order valence-electron chi connectivity index (χ3n) is 2.86. The Morgan fingerprint density at radius 1 is 1.44 bits per heavy atom. The molecule has 0 radical (unpaired) electrons. The molecule has 18 heavy (non-hydrogen) atoms. The molecule has 100 valence electrons. The lowest BCUT2D eigenvalue weighted by Crippen LogP contribution is -2.33. The van der Waals surface area contributed by atoms with Crippen molar-refractivity contribution >= 4 is 5.91 Å². The van der Waals surface area contributed by atoms with Gasteiger partial charge >= 0.3 is 0 Å². The minimum Gasteiger partial charge on any atom is -0.349 e. The van der Waals surface area contributed by atoms with Gasteiger partial charge in [0.05, 0.1) is 6.04 Å². The number of rotatable bonds is 6. The molecule has 0 spiro atoms. The van der Waals surface area contributed by atoms with Gasteiger partial charge in [0, 0.05) is 18.0 Å². The van der Waals surface area contributed by atoms with Crippen LogP contribution >= 0.6 is 0 Å². The van der Waals surface area contributed by atoms with E-state index in [1.807, 2.05) is 6.92 Å². The molecule has 2 atom stereocenters. The van der Waals surface area contributed by atoms with Crippen LogP contribution in [0.3, 0.4) is 0 Å². The second-order valence-electron chi connectivity index (χ2n) is 4.56. The van der Waals surface area contributed by atoms with Crippen molar-refractivity contribution in [1.29, 1.82) is 0 Å². The second-order valence-corrected chi connectivity index (χ2v) is 4.56. The Balaban J connectivity index is 2.52. The first-order valence-corrected chi connectivity index (χ1v) is 6.34. The monoisotopic (exact) mass is 252 g/mol. The highest BCUT2D eigenvalue weighted by molar-refractivity contribution is 5.77. The topological polar surface area (TPSA) is 55.1 Å². The maximum atomic E-state index is 13.5. The van der Waals surface area contributed by atoms with Crippen LogP contribution in [0.2, 0.25) is 0 Å². The van der Waals surface area contributed by atoms with Crippen LogP contribution < -0.4 is 11.1 Å². The smallest absolute Gasteiger partial charge is 0.222 e. The van der Waals surface area contributed by atoms with E-state index in [1.165, 1.54) is 6.07 Å². The van der Waals surface area contributed by atoms with Gasteiger partial charge in [-0.2, -0.15) is 0 Å². The molecule has 0 heterocycles. The van der Waals surface area contributed by atoms with Gasteiger partial charge in [-0.05, 0) is 19.4 Å². The Morgan fingerprint density at radius 2 is 2.11 bits per heavy atom. The molecule has 0 aliphatic carbocycles. The van der Waals surface area contributed by atoms with Crippen LogP contribution in [-0.4, -0.2) is 11.9 Å². The fourth-order valence-electron chi connectivity index (χ4n) is 1.92. The molecule has 0 saturated carbocycles. The highest BCUT2D eigenvalue weighted by Crippen LogP contribution is 2.16. The zero-order valence-corrected chi connectivity index (χ0v) is 10.9. The third kappa shape index (κ3) is 4.45. The Morgan fingerprint density at radius 3 is 2.72 bits per heavy atom. The van der Waals surface area contributed by atoms with Gasteiger partial charge in [-0.3, -0.25) is 4.79 Å². The van der Waals surface area contributed by atoms with Crippen LogP contribution in [0.1, 0.15) is 44.7 Å². The average molecular weight is 252 g/mol. The largest absolute Gasteiger partial charge is 0.349 e. The van der Waals surface area contributed by atoms with Crippen LogP contribution in [-0.2, 0) is 4.79 Å². The molecule has 0 aromatic heterocycles. The fourth-order valence-corrected chi connectivity index (χ4v) is 1.92. The maximum absolute atomic E-state index is 13.5. The maximum Gasteiger partial charge on any atom is 0.222 e.